The van der Waals surface area contributed by atoms with Gasteiger partial charge in [-0.05, 0) is 45.4 Å². The van der Waals surface area contributed by atoms with Crippen molar-refractivity contribution in [2.45, 2.75) is 70.1 Å². The van der Waals surface area contributed by atoms with Gasteiger partial charge in [0, 0.05) is 44.9 Å². The van der Waals surface area contributed by atoms with Gasteiger partial charge in [0.2, 0.25) is 0 Å². The maximum absolute atomic E-state index is 5.92. The molecule has 0 radical (unpaired) electrons. The molecule has 0 aromatic rings. The van der Waals surface area contributed by atoms with Gasteiger partial charge < -0.3 is 24.8 Å². The van der Waals surface area contributed by atoms with E-state index in [2.05, 4.69) is 22.5 Å². The first-order valence-electron chi connectivity index (χ1n) is 10.1. The predicted octanol–water partition coefficient (Wildman–Crippen LogP) is 2.08. The molecule has 2 saturated carbocycles. The van der Waals surface area contributed by atoms with Crippen LogP contribution in [0.25, 0.3) is 0 Å². The monoisotopic (exact) mass is 353 g/mol. The van der Waals surface area contributed by atoms with Crippen LogP contribution < -0.4 is 10.6 Å². The Morgan fingerprint density at radius 1 is 1.32 bits per heavy atom. The maximum Gasteiger partial charge on any atom is 0.191 e. The molecule has 0 bridgehead atoms. The zero-order chi connectivity index (χ0) is 17.5. The highest BCUT2D eigenvalue weighted by atomic mass is 16.5. The lowest BCUT2D eigenvalue weighted by Crippen LogP contribution is -2.68. The summed E-state index contributed by atoms with van der Waals surface area (Å²) in [6, 6.07) is 0.500. The van der Waals surface area contributed by atoms with Gasteiger partial charge in [-0.15, -0.1) is 0 Å². The van der Waals surface area contributed by atoms with E-state index in [4.69, 9.17) is 14.2 Å². The Morgan fingerprint density at radius 2 is 2.20 bits per heavy atom. The minimum Gasteiger partial charge on any atom is -0.379 e. The van der Waals surface area contributed by atoms with Crippen molar-refractivity contribution < 1.29 is 14.2 Å². The second-order valence-corrected chi connectivity index (χ2v) is 7.53. The topological polar surface area (TPSA) is 64.1 Å². The lowest BCUT2D eigenvalue weighted by Gasteiger charge is -2.61. The molecule has 1 aliphatic heterocycles. The summed E-state index contributed by atoms with van der Waals surface area (Å²) in [5.41, 5.74) is 0.359. The molecule has 3 aliphatic rings. The molecular weight excluding hydrogens is 318 g/mol. The summed E-state index contributed by atoms with van der Waals surface area (Å²) in [4.78, 5) is 4.38. The molecule has 0 aromatic heterocycles. The number of nitrogens with zero attached hydrogens (tertiary/aromatic N) is 1. The molecule has 3 unspecified atom stereocenters. The van der Waals surface area contributed by atoms with Crippen molar-refractivity contribution in [3.05, 3.63) is 0 Å². The van der Waals surface area contributed by atoms with Crippen molar-refractivity contribution in [2.75, 3.05) is 40.0 Å². The van der Waals surface area contributed by atoms with Crippen molar-refractivity contribution in [3.8, 4) is 0 Å². The average molecular weight is 354 g/mol. The molecule has 25 heavy (non-hydrogen) atoms. The first-order valence-corrected chi connectivity index (χ1v) is 10.1. The molecule has 2 aliphatic carbocycles. The predicted molar refractivity (Wildman–Crippen MR) is 99.0 cm³/mol. The Bertz CT molecular complexity index is 434. The molecule has 3 atom stereocenters. The van der Waals surface area contributed by atoms with Crippen LogP contribution in [-0.4, -0.2) is 64.2 Å². The lowest BCUT2D eigenvalue weighted by atomic mass is 9.51. The van der Waals surface area contributed by atoms with Crippen molar-refractivity contribution in [1.82, 2.24) is 10.6 Å². The molecule has 1 spiro atoms. The quantitative estimate of drug-likeness (QED) is 0.377. The van der Waals surface area contributed by atoms with Crippen LogP contribution in [-0.2, 0) is 14.2 Å². The Kier molecular flexibility index (Phi) is 6.96. The summed E-state index contributed by atoms with van der Waals surface area (Å²) in [7, 11) is 1.84. The van der Waals surface area contributed by atoms with E-state index in [0.29, 0.717) is 23.7 Å². The van der Waals surface area contributed by atoms with E-state index in [9.17, 15) is 0 Å². The SMILES string of the molecule is CCOC1CC(NC(=NC)NCCCOCC2CCCO2)C12CCC2. The van der Waals surface area contributed by atoms with Crippen LogP contribution in [0.5, 0.6) is 0 Å². The van der Waals surface area contributed by atoms with Crippen molar-refractivity contribution >= 4 is 5.96 Å². The first kappa shape index (κ1) is 18.9. The van der Waals surface area contributed by atoms with Gasteiger partial charge in [-0.2, -0.15) is 0 Å². The lowest BCUT2D eigenvalue weighted by molar-refractivity contribution is -0.168. The third-order valence-electron chi connectivity index (χ3n) is 6.06. The summed E-state index contributed by atoms with van der Waals surface area (Å²) in [5, 5.41) is 7.03. The maximum atomic E-state index is 5.92. The molecule has 1 heterocycles. The third kappa shape index (κ3) is 4.47. The van der Waals surface area contributed by atoms with Crippen LogP contribution in [0.15, 0.2) is 4.99 Å². The molecule has 2 N–H and O–H groups in total. The fraction of sp³-hybridized carbons (Fsp3) is 0.947. The van der Waals surface area contributed by atoms with Gasteiger partial charge in [0.15, 0.2) is 5.96 Å². The summed E-state index contributed by atoms with van der Waals surface area (Å²) in [6.07, 6.45) is 9.03. The van der Waals surface area contributed by atoms with E-state index in [1.807, 2.05) is 7.05 Å². The van der Waals surface area contributed by atoms with E-state index < -0.39 is 0 Å². The minimum atomic E-state index is 0.318. The zero-order valence-corrected chi connectivity index (χ0v) is 15.9. The number of nitrogens with one attached hydrogen (secondary N) is 2. The summed E-state index contributed by atoms with van der Waals surface area (Å²) in [6.45, 7) is 6.18. The molecule has 6 nitrogen and oxygen atoms in total. The van der Waals surface area contributed by atoms with E-state index in [1.54, 1.807) is 0 Å². The molecule has 144 valence electrons. The van der Waals surface area contributed by atoms with E-state index in [1.165, 1.54) is 25.7 Å². The Labute approximate surface area is 152 Å². The van der Waals surface area contributed by atoms with Crippen LogP contribution in [0.4, 0.5) is 0 Å². The first-order chi connectivity index (χ1) is 12.3. The van der Waals surface area contributed by atoms with Crippen LogP contribution in [0.1, 0.15) is 51.9 Å². The number of aliphatic imine (C=N–C) groups is 1. The van der Waals surface area contributed by atoms with Gasteiger partial charge >= 0.3 is 0 Å². The van der Waals surface area contributed by atoms with E-state index in [0.717, 1.165) is 58.2 Å². The highest BCUT2D eigenvalue weighted by Crippen LogP contribution is 2.57. The average Bonchev–Trinajstić information content (AvgIpc) is 3.07. The van der Waals surface area contributed by atoms with Gasteiger partial charge in [-0.25, -0.2) is 0 Å². The zero-order valence-electron chi connectivity index (χ0n) is 15.9. The number of hydrogen-bond donors (Lipinski definition) is 2. The molecule has 0 amide bonds. The van der Waals surface area contributed by atoms with Crippen LogP contribution >= 0.6 is 0 Å². The number of ether oxygens (including phenoxy) is 3. The normalized spacial score (nSPS) is 30.8. The third-order valence-corrected chi connectivity index (χ3v) is 6.06. The van der Waals surface area contributed by atoms with Gasteiger partial charge in [0.05, 0.1) is 18.8 Å². The van der Waals surface area contributed by atoms with E-state index in [-0.39, 0.29) is 0 Å². The standard InChI is InChI=1S/C19H35N3O3/c1-3-24-17-13-16(19(17)8-5-9-19)22-18(20-2)21-10-6-11-23-14-15-7-4-12-25-15/h15-17H,3-14H2,1-2H3,(H2,20,21,22). The fourth-order valence-electron chi connectivity index (χ4n) is 4.37. The summed E-state index contributed by atoms with van der Waals surface area (Å²) in [5.74, 6) is 0.908. The van der Waals surface area contributed by atoms with Crippen molar-refractivity contribution in [2.24, 2.45) is 10.4 Å². The van der Waals surface area contributed by atoms with E-state index >= 15 is 0 Å². The summed E-state index contributed by atoms with van der Waals surface area (Å²) < 4.78 is 17.2. The molecule has 0 aromatic carbocycles. The Balaban J connectivity index is 1.29. The van der Waals surface area contributed by atoms with Crippen molar-refractivity contribution in [3.63, 3.8) is 0 Å². The van der Waals surface area contributed by atoms with Crippen LogP contribution in [0.2, 0.25) is 0 Å². The number of guanidine groups is 1. The highest BCUT2D eigenvalue weighted by molar-refractivity contribution is 5.80. The van der Waals surface area contributed by atoms with Gasteiger partial charge in [0.25, 0.3) is 0 Å². The Hall–Kier alpha value is -0.850. The number of rotatable bonds is 9. The molecular formula is C19H35N3O3. The largest absolute Gasteiger partial charge is 0.379 e. The smallest absolute Gasteiger partial charge is 0.191 e. The molecule has 1 saturated heterocycles. The minimum absolute atomic E-state index is 0.318. The second kappa shape index (κ2) is 9.19. The van der Waals surface area contributed by atoms with Crippen molar-refractivity contribution in [1.29, 1.82) is 0 Å². The second-order valence-electron chi connectivity index (χ2n) is 7.53. The molecule has 3 fully saturated rings. The van der Waals surface area contributed by atoms with Crippen LogP contribution in [0.3, 0.4) is 0 Å². The van der Waals surface area contributed by atoms with Gasteiger partial charge in [-0.3, -0.25) is 4.99 Å². The highest BCUT2D eigenvalue weighted by Gasteiger charge is 2.59. The summed E-state index contributed by atoms with van der Waals surface area (Å²) >= 11 is 0. The van der Waals surface area contributed by atoms with Gasteiger partial charge in [-0.1, -0.05) is 6.42 Å². The van der Waals surface area contributed by atoms with Crippen LogP contribution in [0, 0.1) is 5.41 Å². The number of hydrogen-bond acceptors (Lipinski definition) is 4. The fourth-order valence-corrected chi connectivity index (χ4v) is 4.37. The molecule has 6 heteroatoms. The molecule has 3 rings (SSSR count). The van der Waals surface area contributed by atoms with Gasteiger partial charge in [0.1, 0.15) is 0 Å². The Morgan fingerprint density at radius 3 is 2.84 bits per heavy atom.